The first kappa shape index (κ1) is 26.0. The molecule has 0 saturated heterocycles. The molecule has 3 rings (SSSR count). The van der Waals surface area contributed by atoms with E-state index in [0.29, 0.717) is 22.6 Å². The number of ether oxygens (including phenoxy) is 3. The molecule has 0 aromatic heterocycles. The Morgan fingerprint density at radius 1 is 1.03 bits per heavy atom. The van der Waals surface area contributed by atoms with Crippen LogP contribution in [0.2, 0.25) is 0 Å². The van der Waals surface area contributed by atoms with Crippen molar-refractivity contribution < 1.29 is 38.8 Å². The number of halogens is 1. The Hall–Kier alpha value is -4.25. The lowest BCUT2D eigenvalue weighted by Crippen LogP contribution is -2.26. The van der Waals surface area contributed by atoms with Crippen molar-refractivity contribution >= 4 is 47.3 Å². The highest BCUT2D eigenvalue weighted by molar-refractivity contribution is 6.29. The monoisotopic (exact) mass is 491 g/mol. The Kier molecular flexibility index (Phi) is 8.46. The summed E-state index contributed by atoms with van der Waals surface area (Å²) in [6, 6.07) is 10.9. The lowest BCUT2D eigenvalue weighted by Gasteiger charge is -2.17. The number of nitrogens with one attached hydrogen (secondary N) is 1. The van der Waals surface area contributed by atoms with Crippen LogP contribution in [0.1, 0.15) is 11.1 Å². The fraction of sp³-hybridized carbons (Fsp3) is 0.182. The lowest BCUT2D eigenvalue weighted by atomic mass is 10.0. The molecule has 11 nitrogen and oxygen atoms in total. The third-order valence-corrected chi connectivity index (χ3v) is 4.71. The fourth-order valence-electron chi connectivity index (χ4n) is 3.20. The summed E-state index contributed by atoms with van der Waals surface area (Å²) < 4.78 is 15.8. The van der Waals surface area contributed by atoms with Crippen LogP contribution in [0.5, 0.6) is 11.5 Å². The molecule has 1 aliphatic rings. The molecule has 1 aliphatic heterocycles. The summed E-state index contributed by atoms with van der Waals surface area (Å²) in [5.74, 6) is -2.56. The van der Waals surface area contributed by atoms with Crippen LogP contribution in [0, 0.1) is 5.41 Å². The average Bonchev–Trinajstić information content (AvgIpc) is 3.12. The highest BCUT2D eigenvalue weighted by Crippen LogP contribution is 2.37. The van der Waals surface area contributed by atoms with E-state index in [9.17, 15) is 14.4 Å². The van der Waals surface area contributed by atoms with E-state index in [0.717, 1.165) is 0 Å². The first-order chi connectivity index (χ1) is 15.7. The smallest absolute Gasteiger partial charge is 0.341 e. The second-order valence-electron chi connectivity index (χ2n) is 6.88. The van der Waals surface area contributed by atoms with Crippen LogP contribution in [-0.2, 0) is 19.1 Å². The maximum atomic E-state index is 13.2. The van der Waals surface area contributed by atoms with Crippen molar-refractivity contribution in [2.45, 2.75) is 0 Å². The number of amidine groups is 1. The SMILES string of the molecule is COC1=C(c2ccc(OCC(=O)O)c(OCC(=O)O)c2)C(=O)N(c2ccc(C(=N)N)cc2)C1.Cl. The van der Waals surface area contributed by atoms with Crippen molar-refractivity contribution in [3.8, 4) is 11.5 Å². The van der Waals surface area contributed by atoms with E-state index in [1.165, 1.54) is 30.2 Å². The van der Waals surface area contributed by atoms with E-state index in [-0.39, 0.29) is 47.8 Å². The van der Waals surface area contributed by atoms with Crippen LogP contribution in [-0.4, -0.2) is 60.8 Å². The van der Waals surface area contributed by atoms with Crippen LogP contribution in [0.25, 0.3) is 5.57 Å². The Bertz CT molecular complexity index is 1150. The predicted molar refractivity (Wildman–Crippen MR) is 124 cm³/mol. The van der Waals surface area contributed by atoms with E-state index in [2.05, 4.69) is 0 Å². The third-order valence-electron chi connectivity index (χ3n) is 4.71. The van der Waals surface area contributed by atoms with Gasteiger partial charge in [0.25, 0.3) is 5.91 Å². The summed E-state index contributed by atoms with van der Waals surface area (Å²) >= 11 is 0. The zero-order valence-electron chi connectivity index (χ0n) is 17.9. The zero-order chi connectivity index (χ0) is 24.1. The zero-order valence-corrected chi connectivity index (χ0v) is 18.8. The highest BCUT2D eigenvalue weighted by Gasteiger charge is 2.34. The fourth-order valence-corrected chi connectivity index (χ4v) is 3.20. The predicted octanol–water partition coefficient (Wildman–Crippen LogP) is 1.72. The van der Waals surface area contributed by atoms with Crippen molar-refractivity contribution in [2.24, 2.45) is 5.73 Å². The van der Waals surface area contributed by atoms with Gasteiger partial charge in [0.1, 0.15) is 11.6 Å². The molecule has 0 aliphatic carbocycles. The maximum Gasteiger partial charge on any atom is 0.341 e. The minimum absolute atomic E-state index is 0. The van der Waals surface area contributed by atoms with Gasteiger partial charge in [-0.3, -0.25) is 10.2 Å². The number of hydrogen-bond acceptors (Lipinski definition) is 7. The van der Waals surface area contributed by atoms with Gasteiger partial charge < -0.3 is 35.1 Å². The molecule has 0 unspecified atom stereocenters. The molecule has 34 heavy (non-hydrogen) atoms. The summed E-state index contributed by atoms with van der Waals surface area (Å²) in [7, 11) is 1.43. The Balaban J connectivity index is 0.00000408. The first-order valence-electron chi connectivity index (χ1n) is 9.58. The van der Waals surface area contributed by atoms with E-state index in [4.69, 9.17) is 35.6 Å². The first-order valence-corrected chi connectivity index (χ1v) is 9.58. The van der Waals surface area contributed by atoms with E-state index >= 15 is 0 Å². The number of amides is 1. The number of carboxylic acid groups (broad SMARTS) is 2. The van der Waals surface area contributed by atoms with Gasteiger partial charge >= 0.3 is 11.9 Å². The molecule has 2 aromatic carbocycles. The molecule has 5 N–H and O–H groups in total. The number of nitrogens with two attached hydrogens (primary N) is 1. The molecule has 1 heterocycles. The Morgan fingerprint density at radius 3 is 2.15 bits per heavy atom. The van der Waals surface area contributed by atoms with Crippen LogP contribution in [0.3, 0.4) is 0 Å². The van der Waals surface area contributed by atoms with Gasteiger partial charge in [-0.05, 0) is 42.0 Å². The lowest BCUT2D eigenvalue weighted by molar-refractivity contribution is -0.140. The molecular formula is C22H22ClN3O8. The molecule has 0 spiro atoms. The van der Waals surface area contributed by atoms with Crippen LogP contribution in [0.4, 0.5) is 5.69 Å². The number of carbonyl (C=O) groups is 3. The molecule has 0 saturated carbocycles. The topological polar surface area (TPSA) is 172 Å². The number of methoxy groups -OCH3 is 1. The summed E-state index contributed by atoms with van der Waals surface area (Å²) in [5, 5.41) is 25.3. The van der Waals surface area contributed by atoms with Gasteiger partial charge in [0.15, 0.2) is 24.7 Å². The number of nitrogens with zero attached hydrogens (tertiary/aromatic N) is 1. The number of anilines is 1. The van der Waals surface area contributed by atoms with Crippen molar-refractivity contribution in [1.82, 2.24) is 0 Å². The van der Waals surface area contributed by atoms with E-state index < -0.39 is 25.2 Å². The molecule has 0 radical (unpaired) electrons. The van der Waals surface area contributed by atoms with Gasteiger partial charge in [-0.2, -0.15) is 0 Å². The largest absolute Gasteiger partial charge is 0.498 e. The van der Waals surface area contributed by atoms with E-state index in [1.54, 1.807) is 24.3 Å². The van der Waals surface area contributed by atoms with Crippen molar-refractivity contribution in [3.05, 3.63) is 59.4 Å². The van der Waals surface area contributed by atoms with Gasteiger partial charge in [-0.25, -0.2) is 9.59 Å². The van der Waals surface area contributed by atoms with Gasteiger partial charge in [0, 0.05) is 11.3 Å². The number of benzene rings is 2. The molecule has 0 bridgehead atoms. The molecule has 12 heteroatoms. The van der Waals surface area contributed by atoms with Crippen molar-refractivity contribution in [3.63, 3.8) is 0 Å². The Morgan fingerprint density at radius 2 is 1.62 bits per heavy atom. The molecule has 0 atom stereocenters. The number of rotatable bonds is 10. The third kappa shape index (κ3) is 5.75. The van der Waals surface area contributed by atoms with Crippen molar-refractivity contribution in [2.75, 3.05) is 31.8 Å². The van der Waals surface area contributed by atoms with Crippen LogP contribution >= 0.6 is 12.4 Å². The van der Waals surface area contributed by atoms with Crippen LogP contribution < -0.4 is 20.1 Å². The highest BCUT2D eigenvalue weighted by atomic mass is 35.5. The Labute approximate surface area is 200 Å². The second-order valence-corrected chi connectivity index (χ2v) is 6.88. The van der Waals surface area contributed by atoms with Gasteiger partial charge in [0.2, 0.25) is 0 Å². The maximum absolute atomic E-state index is 13.2. The summed E-state index contributed by atoms with van der Waals surface area (Å²) in [4.78, 5) is 36.5. The van der Waals surface area contributed by atoms with Gasteiger partial charge in [-0.1, -0.05) is 6.07 Å². The summed E-state index contributed by atoms with van der Waals surface area (Å²) in [6.07, 6.45) is 0. The standard InChI is InChI=1S/C22H21N3O8.ClH/c1-31-17-9-25(14-5-2-12(3-6-14)21(23)24)22(30)20(17)13-4-7-15(32-10-18(26)27)16(8-13)33-11-19(28)29;/h2-8H,9-11H2,1H3,(H3,23,24)(H,26,27)(H,28,29);1H. The molecule has 1 amide bonds. The molecule has 0 fully saturated rings. The number of carbonyl (C=O) groups excluding carboxylic acids is 1. The number of carboxylic acids is 2. The average molecular weight is 492 g/mol. The van der Waals surface area contributed by atoms with Gasteiger partial charge in [-0.15, -0.1) is 12.4 Å². The minimum atomic E-state index is -1.24. The second kappa shape index (κ2) is 11.1. The van der Waals surface area contributed by atoms with Gasteiger partial charge in [0.05, 0.1) is 19.2 Å². The number of hydrogen-bond donors (Lipinski definition) is 4. The molecular weight excluding hydrogens is 470 g/mol. The quantitative estimate of drug-likeness (QED) is 0.285. The van der Waals surface area contributed by atoms with Crippen LogP contribution in [0.15, 0.2) is 48.2 Å². The number of aliphatic carboxylic acids is 2. The summed E-state index contributed by atoms with van der Waals surface area (Å²) in [5.41, 5.74) is 7.17. The molecule has 2 aromatic rings. The minimum Gasteiger partial charge on any atom is -0.498 e. The van der Waals surface area contributed by atoms with E-state index in [1.807, 2.05) is 0 Å². The molecule has 180 valence electrons. The number of nitrogen functional groups attached to an aromatic ring is 1. The summed E-state index contributed by atoms with van der Waals surface area (Å²) in [6.45, 7) is -1.20. The van der Waals surface area contributed by atoms with Crippen molar-refractivity contribution in [1.29, 1.82) is 5.41 Å². The normalized spacial score (nSPS) is 12.7.